The summed E-state index contributed by atoms with van der Waals surface area (Å²) < 4.78 is 20.5. The van der Waals surface area contributed by atoms with Crippen molar-refractivity contribution in [1.29, 1.82) is 0 Å². The number of likely N-dealkylation sites (tertiary alicyclic amines) is 1. The van der Waals surface area contributed by atoms with Crippen LogP contribution in [0, 0.1) is 5.82 Å². The monoisotopic (exact) mass is 599 g/mol. The summed E-state index contributed by atoms with van der Waals surface area (Å²) in [7, 11) is 1.62. The normalized spacial score (nSPS) is 15.4. The smallest absolute Gasteiger partial charge is 0.312 e. The molecule has 0 aromatic heterocycles. The number of hydrogen-bond donors (Lipinski definition) is 0. The van der Waals surface area contributed by atoms with Crippen LogP contribution in [0.2, 0.25) is 5.02 Å². The molecule has 2 heterocycles. The van der Waals surface area contributed by atoms with Gasteiger partial charge < -0.3 is 19.4 Å². The summed E-state index contributed by atoms with van der Waals surface area (Å²) in [4.78, 5) is 31.6. The van der Waals surface area contributed by atoms with Crippen molar-refractivity contribution >= 4 is 45.0 Å². The maximum absolute atomic E-state index is 13.6. The van der Waals surface area contributed by atoms with Crippen LogP contribution in [0.5, 0.6) is 11.5 Å². The Morgan fingerprint density at radius 1 is 1.08 bits per heavy atom. The average molecular weight is 601 g/mol. The quantitative estimate of drug-likeness (QED) is 0.335. The molecule has 0 spiro atoms. The molecule has 1 fully saturated rings. The van der Waals surface area contributed by atoms with E-state index in [4.69, 9.17) is 16.3 Å². The highest BCUT2D eigenvalue weighted by Gasteiger charge is 2.33. The molecule has 2 aliphatic heterocycles. The SMILES string of the molecule is CN(Cc1ccc(Br)cc1Oc1cccc(Cl)c1)C(=O)C(=O)N1CCC(N2CCc3cc(F)ccc32)CC1. The van der Waals surface area contributed by atoms with Gasteiger partial charge in [0.25, 0.3) is 0 Å². The number of benzene rings is 3. The second-order valence-corrected chi connectivity index (χ2v) is 11.1. The van der Waals surface area contributed by atoms with Crippen molar-refractivity contribution in [3.8, 4) is 11.5 Å². The summed E-state index contributed by atoms with van der Waals surface area (Å²) >= 11 is 9.56. The molecule has 2 aliphatic rings. The van der Waals surface area contributed by atoms with Gasteiger partial charge >= 0.3 is 11.8 Å². The van der Waals surface area contributed by atoms with Crippen molar-refractivity contribution in [3.05, 3.63) is 87.1 Å². The Labute approximate surface area is 235 Å². The van der Waals surface area contributed by atoms with Gasteiger partial charge in [-0.1, -0.05) is 39.7 Å². The van der Waals surface area contributed by atoms with E-state index < -0.39 is 11.8 Å². The minimum absolute atomic E-state index is 0.208. The molecular weight excluding hydrogens is 573 g/mol. The van der Waals surface area contributed by atoms with Crippen LogP contribution in [-0.2, 0) is 22.6 Å². The minimum atomic E-state index is -0.554. The van der Waals surface area contributed by atoms with Crippen LogP contribution in [0.15, 0.2) is 65.1 Å². The molecule has 0 bridgehead atoms. The van der Waals surface area contributed by atoms with E-state index in [2.05, 4.69) is 20.8 Å². The first-order valence-corrected chi connectivity index (χ1v) is 13.8. The number of anilines is 1. The number of amides is 2. The number of fused-ring (bicyclic) bond motifs is 1. The number of nitrogens with zero attached hydrogens (tertiary/aromatic N) is 3. The third-order valence-electron chi connectivity index (χ3n) is 7.16. The van der Waals surface area contributed by atoms with E-state index >= 15 is 0 Å². The molecule has 9 heteroatoms. The average Bonchev–Trinajstić information content (AvgIpc) is 3.32. The van der Waals surface area contributed by atoms with Gasteiger partial charge in [0.1, 0.15) is 17.3 Å². The maximum atomic E-state index is 13.6. The van der Waals surface area contributed by atoms with Crippen LogP contribution in [-0.4, -0.2) is 54.3 Å². The largest absolute Gasteiger partial charge is 0.457 e. The lowest BCUT2D eigenvalue weighted by molar-refractivity contribution is -0.152. The molecular formula is C29H28BrClFN3O3. The lowest BCUT2D eigenvalue weighted by atomic mass is 10.0. The number of carbonyl (C=O) groups excluding carboxylic acids is 2. The summed E-state index contributed by atoms with van der Waals surface area (Å²) in [5.74, 6) is -0.109. The Balaban J connectivity index is 1.20. The van der Waals surface area contributed by atoms with Crippen molar-refractivity contribution in [2.45, 2.75) is 31.8 Å². The fraction of sp³-hybridized carbons (Fsp3) is 0.310. The van der Waals surface area contributed by atoms with Crippen LogP contribution in [0.4, 0.5) is 10.1 Å². The molecule has 38 heavy (non-hydrogen) atoms. The zero-order chi connectivity index (χ0) is 26.8. The van der Waals surface area contributed by atoms with E-state index in [9.17, 15) is 14.0 Å². The molecule has 2 amide bonds. The second kappa shape index (κ2) is 11.3. The highest BCUT2D eigenvalue weighted by molar-refractivity contribution is 9.10. The molecule has 3 aromatic carbocycles. The zero-order valence-corrected chi connectivity index (χ0v) is 23.3. The topological polar surface area (TPSA) is 53.1 Å². The van der Waals surface area contributed by atoms with E-state index in [-0.39, 0.29) is 18.4 Å². The molecule has 3 aromatic rings. The zero-order valence-electron chi connectivity index (χ0n) is 21.0. The Morgan fingerprint density at radius 3 is 2.63 bits per heavy atom. The number of hydrogen-bond acceptors (Lipinski definition) is 4. The number of carbonyl (C=O) groups is 2. The minimum Gasteiger partial charge on any atom is -0.457 e. The second-order valence-electron chi connectivity index (χ2n) is 9.71. The van der Waals surface area contributed by atoms with Gasteiger partial charge in [-0.05, 0) is 73.4 Å². The molecule has 1 saturated heterocycles. The summed E-state index contributed by atoms with van der Waals surface area (Å²) in [6.45, 7) is 2.09. The van der Waals surface area contributed by atoms with Crippen LogP contribution >= 0.6 is 27.5 Å². The molecule has 0 unspecified atom stereocenters. The van der Waals surface area contributed by atoms with Gasteiger partial charge in [0.15, 0.2) is 0 Å². The molecule has 0 atom stereocenters. The molecule has 0 aliphatic carbocycles. The first kappa shape index (κ1) is 26.5. The van der Waals surface area contributed by atoms with Gasteiger partial charge in [0, 0.05) is 60.0 Å². The van der Waals surface area contributed by atoms with Crippen LogP contribution in [0.25, 0.3) is 0 Å². The van der Waals surface area contributed by atoms with Gasteiger partial charge in [-0.3, -0.25) is 9.59 Å². The standard InChI is InChI=1S/C29H28BrClFN3O3/c1-33(18-20-5-6-21(30)16-27(20)38-25-4-2-3-22(31)17-25)28(36)29(37)34-12-10-24(11-13-34)35-14-9-19-15-23(32)7-8-26(19)35/h2-8,15-17,24H,9-14,18H2,1H3. The summed E-state index contributed by atoms with van der Waals surface area (Å²) in [6, 6.07) is 17.9. The molecule has 0 saturated carbocycles. The first-order chi connectivity index (χ1) is 18.3. The Bertz CT molecular complexity index is 1360. The number of halogens is 3. The highest BCUT2D eigenvalue weighted by atomic mass is 79.9. The van der Waals surface area contributed by atoms with E-state index in [1.165, 1.54) is 11.0 Å². The Morgan fingerprint density at radius 2 is 1.87 bits per heavy atom. The van der Waals surface area contributed by atoms with Crippen molar-refractivity contribution in [2.24, 2.45) is 0 Å². The predicted octanol–water partition coefficient (Wildman–Crippen LogP) is 6.05. The van der Waals surface area contributed by atoms with Crippen molar-refractivity contribution in [2.75, 3.05) is 31.6 Å². The van der Waals surface area contributed by atoms with Crippen molar-refractivity contribution in [1.82, 2.24) is 9.80 Å². The third-order valence-corrected chi connectivity index (χ3v) is 7.88. The predicted molar refractivity (Wildman–Crippen MR) is 149 cm³/mol. The van der Waals surface area contributed by atoms with Gasteiger partial charge in [-0.2, -0.15) is 0 Å². The van der Waals surface area contributed by atoms with Crippen LogP contribution in [0.3, 0.4) is 0 Å². The van der Waals surface area contributed by atoms with Gasteiger partial charge in [-0.15, -0.1) is 0 Å². The molecule has 0 N–H and O–H groups in total. The lowest BCUT2D eigenvalue weighted by Gasteiger charge is -2.38. The summed E-state index contributed by atoms with van der Waals surface area (Å²) in [5, 5.41) is 0.559. The number of piperidine rings is 1. The fourth-order valence-electron chi connectivity index (χ4n) is 5.19. The van der Waals surface area contributed by atoms with E-state index in [0.717, 1.165) is 47.1 Å². The third kappa shape index (κ3) is 5.81. The number of rotatable bonds is 5. The maximum Gasteiger partial charge on any atom is 0.312 e. The summed E-state index contributed by atoms with van der Waals surface area (Å²) in [6.07, 6.45) is 2.36. The van der Waals surface area contributed by atoms with Crippen LogP contribution in [0.1, 0.15) is 24.0 Å². The highest BCUT2D eigenvalue weighted by Crippen LogP contribution is 2.34. The Hall–Kier alpha value is -3.10. The van der Waals surface area contributed by atoms with E-state index in [1.54, 1.807) is 42.3 Å². The molecule has 0 radical (unpaired) electrons. The molecule has 6 nitrogen and oxygen atoms in total. The first-order valence-electron chi connectivity index (χ1n) is 12.6. The van der Waals surface area contributed by atoms with Crippen molar-refractivity contribution in [3.63, 3.8) is 0 Å². The van der Waals surface area contributed by atoms with Gasteiger partial charge in [0.05, 0.1) is 0 Å². The number of likely N-dealkylation sites (N-methyl/N-ethyl adjacent to an activating group) is 1. The number of ether oxygens (including phenoxy) is 1. The van der Waals surface area contributed by atoms with Gasteiger partial charge in [0.2, 0.25) is 0 Å². The Kier molecular flexibility index (Phi) is 7.91. The van der Waals surface area contributed by atoms with Crippen molar-refractivity contribution < 1.29 is 18.7 Å². The molecule has 198 valence electrons. The van der Waals surface area contributed by atoms with E-state index in [0.29, 0.717) is 29.6 Å². The molecule has 5 rings (SSSR count). The summed E-state index contributed by atoms with van der Waals surface area (Å²) in [5.41, 5.74) is 2.88. The van der Waals surface area contributed by atoms with Gasteiger partial charge in [-0.25, -0.2) is 4.39 Å². The lowest BCUT2D eigenvalue weighted by Crippen LogP contribution is -2.50. The fourth-order valence-corrected chi connectivity index (χ4v) is 5.71. The van der Waals surface area contributed by atoms with Crippen LogP contribution < -0.4 is 9.64 Å². The van der Waals surface area contributed by atoms with E-state index in [1.807, 2.05) is 24.3 Å².